The number of likely N-dealkylation sites (N-methyl/N-ethyl adjacent to an activating group) is 1. The van der Waals surface area contributed by atoms with Crippen molar-refractivity contribution >= 4 is 0 Å². The van der Waals surface area contributed by atoms with Crippen LogP contribution in [0.1, 0.15) is 18.4 Å². The summed E-state index contributed by atoms with van der Waals surface area (Å²) in [6.45, 7) is 3.80. The smallest absolute Gasteiger partial charge is 0.123 e. The van der Waals surface area contributed by atoms with Crippen LogP contribution in [0.5, 0.6) is 0 Å². The summed E-state index contributed by atoms with van der Waals surface area (Å²) in [6, 6.07) is 7.33. The maximum atomic E-state index is 13.2. The normalized spacial score (nSPS) is 20.9. The van der Waals surface area contributed by atoms with Gasteiger partial charge in [-0.25, -0.2) is 4.39 Å². The lowest BCUT2D eigenvalue weighted by atomic mass is 10.0. The molecule has 1 aliphatic heterocycles. The van der Waals surface area contributed by atoms with Gasteiger partial charge in [-0.15, -0.1) is 0 Å². The van der Waals surface area contributed by atoms with Crippen molar-refractivity contribution in [2.24, 2.45) is 0 Å². The van der Waals surface area contributed by atoms with E-state index in [0.717, 1.165) is 38.2 Å². The van der Waals surface area contributed by atoms with Crippen molar-refractivity contribution in [3.05, 3.63) is 35.6 Å². The van der Waals surface area contributed by atoms with Crippen molar-refractivity contribution in [3.8, 4) is 0 Å². The Bertz CT molecular complexity index is 399. The summed E-state index contributed by atoms with van der Waals surface area (Å²) >= 11 is 0. The third-order valence-corrected chi connectivity index (χ3v) is 3.85. The molecular formula is C15H23FN2O. The number of benzene rings is 1. The van der Waals surface area contributed by atoms with Crippen LogP contribution in [-0.2, 0) is 6.54 Å². The van der Waals surface area contributed by atoms with Crippen LogP contribution in [0.25, 0.3) is 0 Å². The fourth-order valence-electron chi connectivity index (χ4n) is 2.77. The molecule has 0 radical (unpaired) electrons. The Morgan fingerprint density at radius 1 is 1.47 bits per heavy atom. The van der Waals surface area contributed by atoms with E-state index in [0.29, 0.717) is 6.04 Å². The van der Waals surface area contributed by atoms with Crippen LogP contribution in [0.3, 0.4) is 0 Å². The third kappa shape index (κ3) is 4.27. The molecule has 19 heavy (non-hydrogen) atoms. The fraction of sp³-hybridized carbons (Fsp3) is 0.600. The van der Waals surface area contributed by atoms with Crippen LogP contribution in [0.4, 0.5) is 4.39 Å². The van der Waals surface area contributed by atoms with Gasteiger partial charge < -0.3 is 5.11 Å². The van der Waals surface area contributed by atoms with Gasteiger partial charge in [-0.3, -0.25) is 9.80 Å². The molecule has 0 saturated carbocycles. The molecule has 1 N–H and O–H groups in total. The van der Waals surface area contributed by atoms with Crippen LogP contribution in [0.2, 0.25) is 0 Å². The molecule has 1 unspecified atom stereocenters. The first-order chi connectivity index (χ1) is 9.19. The number of likely N-dealkylation sites (tertiary alicyclic amines) is 1. The molecule has 1 aromatic carbocycles. The largest absolute Gasteiger partial charge is 0.395 e. The van der Waals surface area contributed by atoms with E-state index in [-0.39, 0.29) is 12.4 Å². The van der Waals surface area contributed by atoms with E-state index >= 15 is 0 Å². The third-order valence-electron chi connectivity index (χ3n) is 3.85. The number of halogens is 1. The van der Waals surface area contributed by atoms with E-state index in [1.165, 1.54) is 12.5 Å². The van der Waals surface area contributed by atoms with Gasteiger partial charge in [0.2, 0.25) is 0 Å². The van der Waals surface area contributed by atoms with Gasteiger partial charge in [0.15, 0.2) is 0 Å². The first kappa shape index (κ1) is 14.4. The zero-order valence-electron chi connectivity index (χ0n) is 11.6. The van der Waals surface area contributed by atoms with Crippen LogP contribution in [-0.4, -0.2) is 54.2 Å². The standard InChI is InChI=1S/C15H23FN2O/c1-17(8-9-19)15-6-3-7-18(12-15)11-13-4-2-5-14(16)10-13/h2,4-5,10,15,19H,3,6-9,11-12H2,1H3. The fourth-order valence-corrected chi connectivity index (χ4v) is 2.77. The lowest BCUT2D eigenvalue weighted by molar-refractivity contribution is 0.0970. The van der Waals surface area contributed by atoms with E-state index in [4.69, 9.17) is 5.11 Å². The molecule has 1 saturated heterocycles. The number of hydrogen-bond acceptors (Lipinski definition) is 3. The Balaban J connectivity index is 1.90. The molecule has 1 atom stereocenters. The summed E-state index contributed by atoms with van der Waals surface area (Å²) in [5.41, 5.74) is 1.03. The average molecular weight is 266 g/mol. The molecule has 2 rings (SSSR count). The highest BCUT2D eigenvalue weighted by molar-refractivity contribution is 5.16. The Morgan fingerprint density at radius 2 is 2.32 bits per heavy atom. The summed E-state index contributed by atoms with van der Waals surface area (Å²) < 4.78 is 13.2. The monoisotopic (exact) mass is 266 g/mol. The minimum atomic E-state index is -0.163. The van der Waals surface area contributed by atoms with Gasteiger partial charge in [0.25, 0.3) is 0 Å². The summed E-state index contributed by atoms with van der Waals surface area (Å²) in [5, 5.41) is 9.00. The van der Waals surface area contributed by atoms with E-state index in [1.807, 2.05) is 6.07 Å². The van der Waals surface area contributed by atoms with E-state index in [1.54, 1.807) is 12.1 Å². The minimum Gasteiger partial charge on any atom is -0.395 e. The Labute approximate surface area is 114 Å². The molecule has 1 aromatic rings. The second kappa shape index (κ2) is 6.98. The highest BCUT2D eigenvalue weighted by atomic mass is 19.1. The molecular weight excluding hydrogens is 243 g/mol. The van der Waals surface area contributed by atoms with E-state index in [9.17, 15) is 4.39 Å². The zero-order valence-corrected chi connectivity index (χ0v) is 11.6. The molecule has 0 aromatic heterocycles. The van der Waals surface area contributed by atoms with E-state index < -0.39 is 0 Å². The van der Waals surface area contributed by atoms with Crippen molar-refractivity contribution in [1.29, 1.82) is 0 Å². The Hall–Kier alpha value is -0.970. The van der Waals surface area contributed by atoms with Crippen LogP contribution >= 0.6 is 0 Å². The Morgan fingerprint density at radius 3 is 3.05 bits per heavy atom. The van der Waals surface area contributed by atoms with E-state index in [2.05, 4.69) is 16.8 Å². The summed E-state index contributed by atoms with van der Waals surface area (Å²) in [7, 11) is 2.06. The quantitative estimate of drug-likeness (QED) is 0.879. The van der Waals surface area contributed by atoms with Crippen molar-refractivity contribution in [2.75, 3.05) is 33.3 Å². The molecule has 4 heteroatoms. The number of aliphatic hydroxyl groups is 1. The highest BCUT2D eigenvalue weighted by Gasteiger charge is 2.22. The first-order valence-corrected chi connectivity index (χ1v) is 6.97. The number of hydrogen-bond donors (Lipinski definition) is 1. The maximum absolute atomic E-state index is 13.2. The number of aliphatic hydroxyl groups excluding tert-OH is 1. The molecule has 106 valence electrons. The van der Waals surface area contributed by atoms with Gasteiger partial charge in [-0.05, 0) is 44.1 Å². The number of piperidine rings is 1. The van der Waals surface area contributed by atoms with Crippen molar-refractivity contribution in [1.82, 2.24) is 9.80 Å². The van der Waals surface area contributed by atoms with Gasteiger partial charge in [-0.2, -0.15) is 0 Å². The molecule has 0 amide bonds. The highest BCUT2D eigenvalue weighted by Crippen LogP contribution is 2.17. The first-order valence-electron chi connectivity index (χ1n) is 6.97. The lowest BCUT2D eigenvalue weighted by Gasteiger charge is -2.37. The molecule has 0 spiro atoms. The van der Waals surface area contributed by atoms with Crippen molar-refractivity contribution in [2.45, 2.75) is 25.4 Å². The summed E-state index contributed by atoms with van der Waals surface area (Å²) in [6.07, 6.45) is 2.34. The summed E-state index contributed by atoms with van der Waals surface area (Å²) in [5.74, 6) is -0.163. The SMILES string of the molecule is CN(CCO)C1CCCN(Cc2cccc(F)c2)C1. The number of nitrogens with zero attached hydrogens (tertiary/aromatic N) is 2. The van der Waals surface area contributed by atoms with Gasteiger partial charge in [0.1, 0.15) is 5.82 Å². The lowest BCUT2D eigenvalue weighted by Crippen LogP contribution is -2.46. The van der Waals surface area contributed by atoms with Gasteiger partial charge in [0, 0.05) is 25.7 Å². The van der Waals surface area contributed by atoms with Crippen LogP contribution in [0, 0.1) is 5.82 Å². The van der Waals surface area contributed by atoms with Crippen LogP contribution < -0.4 is 0 Å². The topological polar surface area (TPSA) is 26.7 Å². The molecule has 1 fully saturated rings. The predicted octanol–water partition coefficient (Wildman–Crippen LogP) is 1.71. The zero-order chi connectivity index (χ0) is 13.7. The van der Waals surface area contributed by atoms with Crippen molar-refractivity contribution < 1.29 is 9.50 Å². The van der Waals surface area contributed by atoms with Crippen molar-refractivity contribution in [3.63, 3.8) is 0 Å². The number of rotatable bonds is 5. The maximum Gasteiger partial charge on any atom is 0.123 e. The molecule has 1 aliphatic rings. The van der Waals surface area contributed by atoms with Crippen LogP contribution in [0.15, 0.2) is 24.3 Å². The second-order valence-corrected chi connectivity index (χ2v) is 5.37. The predicted molar refractivity (Wildman–Crippen MR) is 74.4 cm³/mol. The Kier molecular flexibility index (Phi) is 5.31. The molecule has 3 nitrogen and oxygen atoms in total. The molecule has 0 aliphatic carbocycles. The van der Waals surface area contributed by atoms with Gasteiger partial charge >= 0.3 is 0 Å². The van der Waals surface area contributed by atoms with Gasteiger partial charge in [-0.1, -0.05) is 12.1 Å². The van der Waals surface area contributed by atoms with Gasteiger partial charge in [0.05, 0.1) is 6.61 Å². The molecule has 0 bridgehead atoms. The average Bonchev–Trinajstić information content (AvgIpc) is 2.39. The second-order valence-electron chi connectivity index (χ2n) is 5.37. The summed E-state index contributed by atoms with van der Waals surface area (Å²) in [4.78, 5) is 4.59. The minimum absolute atomic E-state index is 0.163. The molecule has 1 heterocycles.